The molecule has 0 spiro atoms. The van der Waals surface area contributed by atoms with Crippen LogP contribution in [0.5, 0.6) is 0 Å². The summed E-state index contributed by atoms with van der Waals surface area (Å²) in [5.74, 6) is -0.935. The number of carbonyl (C=O) groups is 2. The molecule has 0 saturated heterocycles. The lowest BCUT2D eigenvalue weighted by Crippen LogP contribution is -2.53. The number of nitrogens with one attached hydrogen (secondary N) is 1. The van der Waals surface area contributed by atoms with Crippen molar-refractivity contribution in [2.75, 3.05) is 17.4 Å². The first-order chi connectivity index (χ1) is 21.1. The van der Waals surface area contributed by atoms with Gasteiger partial charge in [-0.1, -0.05) is 108 Å². The van der Waals surface area contributed by atoms with Crippen LogP contribution in [0.1, 0.15) is 30.0 Å². The van der Waals surface area contributed by atoms with Crippen molar-refractivity contribution < 1.29 is 18.0 Å². The second-order valence-corrected chi connectivity index (χ2v) is 13.1. The second-order valence-electron chi connectivity index (χ2n) is 10.4. The molecule has 1 N–H and O–H groups in total. The van der Waals surface area contributed by atoms with Gasteiger partial charge >= 0.3 is 0 Å². The molecule has 44 heavy (non-hydrogen) atoms. The summed E-state index contributed by atoms with van der Waals surface area (Å²) in [6.45, 7) is 3.60. The molecule has 0 aliphatic rings. The molecule has 4 aromatic rings. The number of amides is 2. The van der Waals surface area contributed by atoms with Gasteiger partial charge in [-0.2, -0.15) is 0 Å². The molecule has 230 valence electrons. The fourth-order valence-corrected chi connectivity index (χ4v) is 6.65. The van der Waals surface area contributed by atoms with Crippen LogP contribution in [0.4, 0.5) is 5.69 Å². The standard InChI is InChI=1S/C34H35Cl2N3O4S/c1-3-21-37-34(41)32(22-26-11-5-4-6-12-26)38(23-27-13-7-8-14-29(27)35)33(40)24-39(31-16-10-9-15-30(31)36)44(42,43)28-19-17-25(2)18-20-28/h4-20,32H,3,21-24H2,1-2H3,(H,37,41)/t32-/m0/s1. The number of carbonyl (C=O) groups excluding carboxylic acids is 2. The Balaban J connectivity index is 1.81. The minimum Gasteiger partial charge on any atom is -0.354 e. The van der Waals surface area contributed by atoms with Crippen LogP contribution >= 0.6 is 23.2 Å². The maximum atomic E-state index is 14.4. The quantitative estimate of drug-likeness (QED) is 0.175. The van der Waals surface area contributed by atoms with Gasteiger partial charge in [0.1, 0.15) is 12.6 Å². The van der Waals surface area contributed by atoms with Gasteiger partial charge in [0.05, 0.1) is 15.6 Å². The van der Waals surface area contributed by atoms with Crippen LogP contribution in [0.15, 0.2) is 108 Å². The number of benzene rings is 4. The number of nitrogens with zero attached hydrogens (tertiary/aromatic N) is 2. The third-order valence-corrected chi connectivity index (χ3v) is 9.59. The Morgan fingerprint density at radius 3 is 2.07 bits per heavy atom. The van der Waals surface area contributed by atoms with Crippen molar-refractivity contribution in [3.8, 4) is 0 Å². The summed E-state index contributed by atoms with van der Waals surface area (Å²) in [7, 11) is -4.25. The largest absolute Gasteiger partial charge is 0.354 e. The minimum atomic E-state index is -4.25. The third-order valence-electron chi connectivity index (χ3n) is 7.13. The number of aryl methyl sites for hydroxylation is 1. The SMILES string of the molecule is CCCNC(=O)[C@H](Cc1ccccc1)N(Cc1ccccc1Cl)C(=O)CN(c1ccccc1Cl)S(=O)(=O)c1ccc(C)cc1. The molecule has 0 fully saturated rings. The Kier molecular flexibility index (Phi) is 11.4. The maximum absolute atomic E-state index is 14.4. The lowest BCUT2D eigenvalue weighted by molar-refractivity contribution is -0.140. The van der Waals surface area contributed by atoms with Crippen LogP contribution in [0.2, 0.25) is 10.0 Å². The monoisotopic (exact) mass is 651 g/mol. The van der Waals surface area contributed by atoms with E-state index in [2.05, 4.69) is 5.32 Å². The van der Waals surface area contributed by atoms with E-state index in [1.165, 1.54) is 17.0 Å². The van der Waals surface area contributed by atoms with Crippen molar-refractivity contribution in [1.29, 1.82) is 0 Å². The van der Waals surface area contributed by atoms with Gasteiger partial charge in [-0.3, -0.25) is 13.9 Å². The Morgan fingerprint density at radius 1 is 0.818 bits per heavy atom. The topological polar surface area (TPSA) is 86.8 Å². The molecule has 0 aliphatic heterocycles. The second kappa shape index (κ2) is 15.2. The van der Waals surface area contributed by atoms with Gasteiger partial charge in [0.15, 0.2) is 0 Å². The van der Waals surface area contributed by atoms with Crippen molar-refractivity contribution in [2.45, 2.75) is 44.2 Å². The Bertz CT molecular complexity index is 1680. The van der Waals surface area contributed by atoms with Gasteiger partial charge in [0, 0.05) is 24.5 Å². The molecule has 0 radical (unpaired) electrons. The predicted molar refractivity (Wildman–Crippen MR) is 176 cm³/mol. The number of sulfonamides is 1. The zero-order valence-corrected chi connectivity index (χ0v) is 26.9. The average Bonchev–Trinajstić information content (AvgIpc) is 3.02. The number of anilines is 1. The predicted octanol–water partition coefficient (Wildman–Crippen LogP) is 6.66. The van der Waals surface area contributed by atoms with E-state index in [-0.39, 0.29) is 34.5 Å². The molecule has 2 amide bonds. The highest BCUT2D eigenvalue weighted by Gasteiger charge is 2.35. The van der Waals surface area contributed by atoms with Crippen molar-refractivity contribution >= 4 is 50.7 Å². The highest BCUT2D eigenvalue weighted by molar-refractivity contribution is 7.92. The number of halogens is 2. The molecular weight excluding hydrogens is 617 g/mol. The molecule has 0 bridgehead atoms. The smallest absolute Gasteiger partial charge is 0.264 e. The lowest BCUT2D eigenvalue weighted by Gasteiger charge is -2.34. The summed E-state index contributed by atoms with van der Waals surface area (Å²) in [6, 6.07) is 28.3. The lowest BCUT2D eigenvalue weighted by atomic mass is 10.0. The van der Waals surface area contributed by atoms with Crippen LogP contribution < -0.4 is 9.62 Å². The number of hydrogen-bond donors (Lipinski definition) is 1. The highest BCUT2D eigenvalue weighted by atomic mass is 35.5. The highest BCUT2D eigenvalue weighted by Crippen LogP contribution is 2.31. The third kappa shape index (κ3) is 8.20. The van der Waals surface area contributed by atoms with Crippen LogP contribution in [-0.4, -0.2) is 44.3 Å². The molecule has 0 heterocycles. The molecule has 0 saturated carbocycles. The molecule has 1 atom stereocenters. The van der Waals surface area contributed by atoms with Crippen LogP contribution in [0, 0.1) is 6.92 Å². The number of rotatable bonds is 13. The van der Waals surface area contributed by atoms with E-state index in [1.54, 1.807) is 60.7 Å². The van der Waals surface area contributed by atoms with E-state index in [0.717, 1.165) is 15.4 Å². The first kappa shape index (κ1) is 33.1. The Hall–Kier alpha value is -3.85. The summed E-state index contributed by atoms with van der Waals surface area (Å²) < 4.78 is 29.2. The Labute approximate surface area is 269 Å². The molecule has 0 unspecified atom stereocenters. The van der Waals surface area contributed by atoms with Crippen LogP contribution in [-0.2, 0) is 32.6 Å². The summed E-state index contributed by atoms with van der Waals surface area (Å²) in [6.07, 6.45) is 0.917. The first-order valence-electron chi connectivity index (χ1n) is 14.3. The summed E-state index contributed by atoms with van der Waals surface area (Å²) in [4.78, 5) is 29.6. The van der Waals surface area contributed by atoms with Gasteiger partial charge in [-0.05, 0) is 54.8 Å². The van der Waals surface area contributed by atoms with Crippen LogP contribution in [0.3, 0.4) is 0 Å². The molecule has 0 aliphatic carbocycles. The summed E-state index contributed by atoms with van der Waals surface area (Å²) in [5, 5.41) is 3.51. The molecule has 7 nitrogen and oxygen atoms in total. The van der Waals surface area contributed by atoms with Gasteiger partial charge in [0.25, 0.3) is 10.0 Å². The molecule has 4 aromatic carbocycles. The van der Waals surface area contributed by atoms with E-state index in [0.29, 0.717) is 23.6 Å². The normalized spacial score (nSPS) is 11.9. The molecular formula is C34H35Cl2N3O4S. The van der Waals surface area contributed by atoms with Crippen LogP contribution in [0.25, 0.3) is 0 Å². The van der Waals surface area contributed by atoms with Crippen molar-refractivity contribution in [3.63, 3.8) is 0 Å². The Morgan fingerprint density at radius 2 is 1.43 bits per heavy atom. The zero-order valence-electron chi connectivity index (χ0n) is 24.6. The number of hydrogen-bond acceptors (Lipinski definition) is 4. The number of para-hydroxylation sites is 1. The molecule has 0 aromatic heterocycles. The summed E-state index contributed by atoms with van der Waals surface area (Å²) in [5.41, 5.74) is 2.50. The fourth-order valence-electron chi connectivity index (χ4n) is 4.73. The average molecular weight is 653 g/mol. The van der Waals surface area contributed by atoms with E-state index in [9.17, 15) is 18.0 Å². The first-order valence-corrected chi connectivity index (χ1v) is 16.5. The van der Waals surface area contributed by atoms with Crippen molar-refractivity contribution in [2.24, 2.45) is 0 Å². The molecule has 4 rings (SSSR count). The fraction of sp³-hybridized carbons (Fsp3) is 0.235. The van der Waals surface area contributed by atoms with Gasteiger partial charge < -0.3 is 10.2 Å². The van der Waals surface area contributed by atoms with E-state index >= 15 is 0 Å². The van der Waals surface area contributed by atoms with E-state index in [1.807, 2.05) is 44.2 Å². The van der Waals surface area contributed by atoms with E-state index in [4.69, 9.17) is 23.2 Å². The van der Waals surface area contributed by atoms with Gasteiger partial charge in [0.2, 0.25) is 11.8 Å². The zero-order chi connectivity index (χ0) is 31.7. The summed E-state index contributed by atoms with van der Waals surface area (Å²) >= 11 is 13.0. The van der Waals surface area contributed by atoms with Gasteiger partial charge in [-0.15, -0.1) is 0 Å². The van der Waals surface area contributed by atoms with Gasteiger partial charge in [-0.25, -0.2) is 8.42 Å². The minimum absolute atomic E-state index is 0.00926. The molecule has 10 heteroatoms. The van der Waals surface area contributed by atoms with Crippen molar-refractivity contribution in [1.82, 2.24) is 10.2 Å². The van der Waals surface area contributed by atoms with Crippen molar-refractivity contribution in [3.05, 3.63) is 130 Å². The maximum Gasteiger partial charge on any atom is 0.264 e. The van der Waals surface area contributed by atoms with E-state index < -0.39 is 28.5 Å².